The van der Waals surface area contributed by atoms with Gasteiger partial charge in [0.15, 0.2) is 0 Å². The van der Waals surface area contributed by atoms with Crippen molar-refractivity contribution >= 4 is 11.8 Å². The fourth-order valence-corrected chi connectivity index (χ4v) is 4.14. The van der Waals surface area contributed by atoms with Gasteiger partial charge in [0.05, 0.1) is 0 Å². The lowest BCUT2D eigenvalue weighted by Crippen LogP contribution is -2.52. The third-order valence-corrected chi connectivity index (χ3v) is 5.55. The van der Waals surface area contributed by atoms with Crippen LogP contribution in [0.15, 0.2) is 0 Å². The van der Waals surface area contributed by atoms with Crippen molar-refractivity contribution in [1.82, 2.24) is 9.80 Å². The fourth-order valence-electron chi connectivity index (χ4n) is 4.14. The van der Waals surface area contributed by atoms with Crippen molar-refractivity contribution in [1.29, 1.82) is 0 Å². The summed E-state index contributed by atoms with van der Waals surface area (Å²) in [5, 5.41) is 0. The van der Waals surface area contributed by atoms with Gasteiger partial charge in [0, 0.05) is 39.3 Å². The number of amides is 2. The first-order valence-electron chi connectivity index (χ1n) is 9.41. The van der Waals surface area contributed by atoms with Crippen molar-refractivity contribution in [3.05, 3.63) is 0 Å². The highest BCUT2D eigenvalue weighted by Gasteiger charge is 2.35. The standard InChI is InChI=1S/C18H30N2O3/c21-17(9-8-15-6-5-13-23-14-15)20-12-2-1-7-16(20)18(22)19-10-3-4-11-19/h15-16H,1-14H2/t15-,16-/m1/s1. The molecule has 3 rings (SSSR count). The second-order valence-corrected chi connectivity index (χ2v) is 7.25. The molecule has 0 saturated carbocycles. The van der Waals surface area contributed by atoms with Crippen molar-refractivity contribution in [3.8, 4) is 0 Å². The largest absolute Gasteiger partial charge is 0.381 e. The van der Waals surface area contributed by atoms with Crippen LogP contribution in [0.4, 0.5) is 0 Å². The van der Waals surface area contributed by atoms with E-state index in [0.29, 0.717) is 12.3 Å². The Morgan fingerprint density at radius 1 is 0.957 bits per heavy atom. The minimum absolute atomic E-state index is 0.174. The fraction of sp³-hybridized carbons (Fsp3) is 0.889. The third-order valence-electron chi connectivity index (χ3n) is 5.55. The van der Waals surface area contributed by atoms with E-state index in [-0.39, 0.29) is 17.9 Å². The molecular formula is C18H30N2O3. The third kappa shape index (κ3) is 4.25. The predicted molar refractivity (Wildman–Crippen MR) is 87.9 cm³/mol. The van der Waals surface area contributed by atoms with Gasteiger partial charge in [-0.25, -0.2) is 0 Å². The maximum absolute atomic E-state index is 12.7. The second-order valence-electron chi connectivity index (χ2n) is 7.25. The Hall–Kier alpha value is -1.10. The van der Waals surface area contributed by atoms with Crippen LogP contribution in [0, 0.1) is 5.92 Å². The van der Waals surface area contributed by atoms with E-state index in [9.17, 15) is 9.59 Å². The summed E-state index contributed by atoms with van der Waals surface area (Å²) >= 11 is 0. The van der Waals surface area contributed by atoms with Crippen LogP contribution in [-0.4, -0.2) is 60.5 Å². The number of nitrogens with zero attached hydrogens (tertiary/aromatic N) is 2. The number of hydrogen-bond acceptors (Lipinski definition) is 3. The van der Waals surface area contributed by atoms with Crippen LogP contribution in [0.25, 0.3) is 0 Å². The number of carbonyl (C=O) groups is 2. The molecule has 3 heterocycles. The average Bonchev–Trinajstić information content (AvgIpc) is 3.14. The van der Waals surface area contributed by atoms with Crippen molar-refractivity contribution in [2.45, 2.75) is 63.8 Å². The van der Waals surface area contributed by atoms with Crippen LogP contribution in [0.2, 0.25) is 0 Å². The van der Waals surface area contributed by atoms with Crippen LogP contribution >= 0.6 is 0 Å². The van der Waals surface area contributed by atoms with Crippen LogP contribution in [-0.2, 0) is 14.3 Å². The summed E-state index contributed by atoms with van der Waals surface area (Å²) in [7, 11) is 0. The molecule has 3 fully saturated rings. The van der Waals surface area contributed by atoms with Gasteiger partial charge in [0.2, 0.25) is 11.8 Å². The highest BCUT2D eigenvalue weighted by atomic mass is 16.5. The lowest BCUT2D eigenvalue weighted by molar-refractivity contribution is -0.147. The van der Waals surface area contributed by atoms with Crippen molar-refractivity contribution < 1.29 is 14.3 Å². The number of hydrogen-bond donors (Lipinski definition) is 0. The Morgan fingerprint density at radius 3 is 2.48 bits per heavy atom. The smallest absolute Gasteiger partial charge is 0.245 e. The van der Waals surface area contributed by atoms with Crippen LogP contribution in [0.1, 0.15) is 57.8 Å². The number of rotatable bonds is 4. The summed E-state index contributed by atoms with van der Waals surface area (Å²) in [5.41, 5.74) is 0. The Labute approximate surface area is 139 Å². The molecule has 5 nitrogen and oxygen atoms in total. The Kier molecular flexibility index (Phi) is 5.92. The van der Waals surface area contributed by atoms with E-state index in [4.69, 9.17) is 4.74 Å². The van der Waals surface area contributed by atoms with E-state index in [1.807, 2.05) is 9.80 Å². The first-order chi connectivity index (χ1) is 11.3. The molecule has 0 aromatic rings. The van der Waals surface area contributed by atoms with Gasteiger partial charge in [0.1, 0.15) is 6.04 Å². The van der Waals surface area contributed by atoms with E-state index in [2.05, 4.69) is 0 Å². The summed E-state index contributed by atoms with van der Waals surface area (Å²) in [6.07, 6.45) is 8.89. The topological polar surface area (TPSA) is 49.9 Å². The van der Waals surface area contributed by atoms with Gasteiger partial charge < -0.3 is 14.5 Å². The van der Waals surface area contributed by atoms with Gasteiger partial charge in [-0.3, -0.25) is 9.59 Å². The molecular weight excluding hydrogens is 292 g/mol. The van der Waals surface area contributed by atoms with E-state index in [0.717, 1.165) is 77.8 Å². The monoisotopic (exact) mass is 322 g/mol. The molecule has 0 bridgehead atoms. The molecule has 5 heteroatoms. The summed E-state index contributed by atoms with van der Waals surface area (Å²) in [6, 6.07) is -0.197. The highest BCUT2D eigenvalue weighted by molar-refractivity contribution is 5.88. The minimum Gasteiger partial charge on any atom is -0.381 e. The molecule has 0 spiro atoms. The molecule has 0 radical (unpaired) electrons. The number of likely N-dealkylation sites (tertiary alicyclic amines) is 2. The summed E-state index contributed by atoms with van der Waals surface area (Å²) in [6.45, 7) is 4.16. The summed E-state index contributed by atoms with van der Waals surface area (Å²) < 4.78 is 5.50. The normalized spacial score (nSPS) is 28.9. The van der Waals surface area contributed by atoms with E-state index in [1.165, 1.54) is 6.42 Å². The molecule has 3 saturated heterocycles. The number of ether oxygens (including phenoxy) is 1. The van der Waals surface area contributed by atoms with E-state index in [1.54, 1.807) is 0 Å². The Bertz CT molecular complexity index is 414. The zero-order valence-corrected chi connectivity index (χ0v) is 14.2. The maximum atomic E-state index is 12.7. The minimum atomic E-state index is -0.197. The van der Waals surface area contributed by atoms with Gasteiger partial charge in [0.25, 0.3) is 0 Å². The summed E-state index contributed by atoms with van der Waals surface area (Å²) in [5.74, 6) is 0.884. The molecule has 3 aliphatic heterocycles. The molecule has 0 aromatic heterocycles. The van der Waals surface area contributed by atoms with Gasteiger partial charge >= 0.3 is 0 Å². The second kappa shape index (κ2) is 8.13. The van der Waals surface area contributed by atoms with Gasteiger partial charge in [-0.15, -0.1) is 0 Å². The van der Waals surface area contributed by atoms with Crippen molar-refractivity contribution in [3.63, 3.8) is 0 Å². The van der Waals surface area contributed by atoms with Crippen molar-refractivity contribution in [2.75, 3.05) is 32.8 Å². The highest BCUT2D eigenvalue weighted by Crippen LogP contribution is 2.24. The van der Waals surface area contributed by atoms with Crippen LogP contribution in [0.5, 0.6) is 0 Å². The first kappa shape index (κ1) is 16.7. The van der Waals surface area contributed by atoms with Gasteiger partial charge in [-0.2, -0.15) is 0 Å². The Balaban J connectivity index is 1.54. The van der Waals surface area contributed by atoms with Gasteiger partial charge in [-0.1, -0.05) is 0 Å². The van der Waals surface area contributed by atoms with Crippen LogP contribution in [0.3, 0.4) is 0 Å². The molecule has 0 unspecified atom stereocenters. The van der Waals surface area contributed by atoms with E-state index < -0.39 is 0 Å². The molecule has 2 amide bonds. The molecule has 0 aliphatic carbocycles. The molecule has 130 valence electrons. The van der Waals surface area contributed by atoms with Crippen molar-refractivity contribution in [2.24, 2.45) is 5.92 Å². The Morgan fingerprint density at radius 2 is 1.74 bits per heavy atom. The zero-order valence-electron chi connectivity index (χ0n) is 14.2. The predicted octanol–water partition coefficient (Wildman–Crippen LogP) is 2.20. The van der Waals surface area contributed by atoms with Gasteiger partial charge in [-0.05, 0) is 57.3 Å². The van der Waals surface area contributed by atoms with Crippen LogP contribution < -0.4 is 0 Å². The number of carbonyl (C=O) groups excluding carboxylic acids is 2. The SMILES string of the molecule is O=C([C@H]1CCCCN1C(=O)CC[C@H]1CCCOC1)N1CCCC1. The maximum Gasteiger partial charge on any atom is 0.245 e. The lowest BCUT2D eigenvalue weighted by Gasteiger charge is -2.37. The quantitative estimate of drug-likeness (QED) is 0.797. The van der Waals surface area contributed by atoms with E-state index >= 15 is 0 Å². The first-order valence-corrected chi connectivity index (χ1v) is 9.41. The number of piperidine rings is 1. The molecule has 0 aromatic carbocycles. The average molecular weight is 322 g/mol. The molecule has 0 N–H and O–H groups in total. The molecule has 23 heavy (non-hydrogen) atoms. The summed E-state index contributed by atoms with van der Waals surface area (Å²) in [4.78, 5) is 29.3. The molecule has 2 atom stereocenters. The zero-order chi connectivity index (χ0) is 16.1. The molecule has 3 aliphatic rings. The lowest BCUT2D eigenvalue weighted by atomic mass is 9.95.